The lowest BCUT2D eigenvalue weighted by Crippen LogP contribution is -2.16. The van der Waals surface area contributed by atoms with Crippen LogP contribution in [0.15, 0.2) is 16.7 Å². The van der Waals surface area contributed by atoms with Gasteiger partial charge >= 0.3 is 0 Å². The predicted octanol–water partition coefficient (Wildman–Crippen LogP) is 3.17. The van der Waals surface area contributed by atoms with E-state index in [1.807, 2.05) is 20.8 Å². The Bertz CT molecular complexity index is 650. The number of carbonyl (C=O) groups excluding carboxylic acids is 1. The molecule has 0 bridgehead atoms. The summed E-state index contributed by atoms with van der Waals surface area (Å²) in [5.41, 5.74) is 0.189. The number of H-pyrrole nitrogens is 1. The van der Waals surface area contributed by atoms with E-state index in [2.05, 4.69) is 41.4 Å². The molecule has 0 radical (unpaired) electrons. The van der Waals surface area contributed by atoms with Crippen LogP contribution < -0.4 is 5.32 Å². The second kappa shape index (κ2) is 5.49. The van der Waals surface area contributed by atoms with Crippen molar-refractivity contribution < 1.29 is 4.79 Å². The standard InChI is InChI=1S/C12H13BrClN5O/c1-12(2,3)11-17-9(18-19-11)10(20)16-7-4-6(13)5-15-8(7)14/h4-5H,1-3H3,(H,16,20)(H,17,18,19). The van der Waals surface area contributed by atoms with E-state index in [1.54, 1.807) is 12.3 Å². The molecule has 106 valence electrons. The van der Waals surface area contributed by atoms with E-state index < -0.39 is 5.91 Å². The van der Waals surface area contributed by atoms with Gasteiger partial charge in [-0.2, -0.15) is 0 Å². The SMILES string of the molecule is CC(C)(C)c1nc(C(=O)Nc2cc(Br)cnc2Cl)n[nH]1. The molecular weight excluding hydrogens is 346 g/mol. The molecule has 0 aliphatic heterocycles. The molecule has 2 aromatic rings. The number of aromatic nitrogens is 4. The van der Waals surface area contributed by atoms with Crippen LogP contribution in [-0.2, 0) is 5.41 Å². The maximum absolute atomic E-state index is 12.1. The van der Waals surface area contributed by atoms with E-state index >= 15 is 0 Å². The Morgan fingerprint density at radius 3 is 2.75 bits per heavy atom. The van der Waals surface area contributed by atoms with E-state index in [4.69, 9.17) is 11.6 Å². The van der Waals surface area contributed by atoms with E-state index in [1.165, 1.54) is 0 Å². The highest BCUT2D eigenvalue weighted by Crippen LogP contribution is 2.23. The van der Waals surface area contributed by atoms with Crippen molar-refractivity contribution in [3.8, 4) is 0 Å². The van der Waals surface area contributed by atoms with E-state index in [0.717, 1.165) is 0 Å². The minimum absolute atomic E-state index is 0.0611. The minimum Gasteiger partial charge on any atom is -0.316 e. The van der Waals surface area contributed by atoms with E-state index in [-0.39, 0.29) is 16.4 Å². The first-order valence-electron chi connectivity index (χ1n) is 5.82. The highest BCUT2D eigenvalue weighted by molar-refractivity contribution is 9.10. The van der Waals surface area contributed by atoms with Crippen molar-refractivity contribution in [3.05, 3.63) is 33.5 Å². The summed E-state index contributed by atoms with van der Waals surface area (Å²) in [4.78, 5) is 20.2. The van der Waals surface area contributed by atoms with Crippen molar-refractivity contribution in [3.63, 3.8) is 0 Å². The summed E-state index contributed by atoms with van der Waals surface area (Å²) in [7, 11) is 0. The third-order valence-corrected chi connectivity index (χ3v) is 3.19. The first-order chi connectivity index (χ1) is 9.27. The molecule has 0 aliphatic rings. The molecule has 20 heavy (non-hydrogen) atoms. The Morgan fingerprint density at radius 1 is 1.45 bits per heavy atom. The lowest BCUT2D eigenvalue weighted by atomic mass is 9.96. The number of hydrogen-bond acceptors (Lipinski definition) is 4. The third kappa shape index (κ3) is 3.34. The highest BCUT2D eigenvalue weighted by Gasteiger charge is 2.21. The Morgan fingerprint density at radius 2 is 2.15 bits per heavy atom. The molecular formula is C12H13BrClN5O. The van der Waals surface area contributed by atoms with Gasteiger partial charge in [-0.05, 0) is 22.0 Å². The van der Waals surface area contributed by atoms with Gasteiger partial charge in [0, 0.05) is 16.1 Å². The summed E-state index contributed by atoms with van der Waals surface area (Å²) in [5.74, 6) is 0.255. The second-order valence-corrected chi connectivity index (χ2v) is 6.48. The number of pyridine rings is 1. The quantitative estimate of drug-likeness (QED) is 0.808. The number of hydrogen-bond donors (Lipinski definition) is 2. The summed E-state index contributed by atoms with van der Waals surface area (Å²) in [6.07, 6.45) is 1.54. The van der Waals surface area contributed by atoms with Crippen LogP contribution in [-0.4, -0.2) is 26.1 Å². The van der Waals surface area contributed by atoms with Crippen molar-refractivity contribution in [2.45, 2.75) is 26.2 Å². The summed E-state index contributed by atoms with van der Waals surface area (Å²) in [6.45, 7) is 5.93. The van der Waals surface area contributed by atoms with Gasteiger partial charge in [-0.25, -0.2) is 9.97 Å². The molecule has 2 aromatic heterocycles. The zero-order valence-corrected chi connectivity index (χ0v) is 13.5. The zero-order valence-electron chi connectivity index (χ0n) is 11.2. The lowest BCUT2D eigenvalue weighted by molar-refractivity contribution is 0.101. The molecule has 0 atom stereocenters. The van der Waals surface area contributed by atoms with Gasteiger partial charge in [0.2, 0.25) is 5.82 Å². The molecule has 0 saturated carbocycles. The molecule has 0 aliphatic carbocycles. The third-order valence-electron chi connectivity index (χ3n) is 2.45. The first-order valence-corrected chi connectivity index (χ1v) is 7.00. The highest BCUT2D eigenvalue weighted by atomic mass is 79.9. The fourth-order valence-corrected chi connectivity index (χ4v) is 1.87. The van der Waals surface area contributed by atoms with Gasteiger partial charge in [-0.1, -0.05) is 32.4 Å². The van der Waals surface area contributed by atoms with E-state index in [0.29, 0.717) is 16.0 Å². The van der Waals surface area contributed by atoms with Crippen molar-refractivity contribution in [1.29, 1.82) is 0 Å². The van der Waals surface area contributed by atoms with Crippen LogP contribution in [0.2, 0.25) is 5.15 Å². The molecule has 2 heterocycles. The van der Waals surface area contributed by atoms with Crippen LogP contribution in [0.4, 0.5) is 5.69 Å². The second-order valence-electron chi connectivity index (χ2n) is 5.20. The monoisotopic (exact) mass is 357 g/mol. The van der Waals surface area contributed by atoms with Gasteiger partial charge in [-0.15, -0.1) is 5.10 Å². The molecule has 0 unspecified atom stereocenters. The van der Waals surface area contributed by atoms with Crippen molar-refractivity contribution in [2.75, 3.05) is 5.32 Å². The van der Waals surface area contributed by atoms with Crippen LogP contribution in [0.5, 0.6) is 0 Å². The van der Waals surface area contributed by atoms with Crippen LogP contribution >= 0.6 is 27.5 Å². The summed E-state index contributed by atoms with van der Waals surface area (Å²) in [5, 5.41) is 9.49. The van der Waals surface area contributed by atoms with Gasteiger partial charge < -0.3 is 5.32 Å². The molecule has 2 N–H and O–H groups in total. The molecule has 6 nitrogen and oxygen atoms in total. The zero-order chi connectivity index (χ0) is 14.9. The number of amides is 1. The molecule has 0 spiro atoms. The largest absolute Gasteiger partial charge is 0.316 e. The minimum atomic E-state index is -0.446. The Hall–Kier alpha value is -1.47. The average molecular weight is 359 g/mol. The average Bonchev–Trinajstić information content (AvgIpc) is 2.83. The summed E-state index contributed by atoms with van der Waals surface area (Å²) >= 11 is 9.17. The number of halogens is 2. The molecule has 0 aromatic carbocycles. The molecule has 0 fully saturated rings. The van der Waals surface area contributed by atoms with Crippen LogP contribution in [0.3, 0.4) is 0 Å². The molecule has 2 rings (SSSR count). The lowest BCUT2D eigenvalue weighted by Gasteiger charge is -2.12. The number of rotatable bonds is 2. The Kier molecular flexibility index (Phi) is 4.10. The summed E-state index contributed by atoms with van der Waals surface area (Å²) < 4.78 is 0.711. The van der Waals surface area contributed by atoms with Crippen molar-refractivity contribution in [1.82, 2.24) is 20.2 Å². The van der Waals surface area contributed by atoms with Crippen molar-refractivity contribution >= 4 is 39.1 Å². The van der Waals surface area contributed by atoms with Crippen LogP contribution in [0.1, 0.15) is 37.2 Å². The summed E-state index contributed by atoms with van der Waals surface area (Å²) in [6, 6.07) is 1.66. The number of nitrogens with zero attached hydrogens (tertiary/aromatic N) is 3. The van der Waals surface area contributed by atoms with Gasteiger partial charge in [0.15, 0.2) is 5.15 Å². The Balaban J connectivity index is 2.20. The first kappa shape index (κ1) is 14.9. The number of nitrogens with one attached hydrogen (secondary N) is 2. The Labute approximate surface area is 129 Å². The normalized spacial score (nSPS) is 11.4. The fourth-order valence-electron chi connectivity index (χ4n) is 1.39. The van der Waals surface area contributed by atoms with Gasteiger partial charge in [-0.3, -0.25) is 9.89 Å². The van der Waals surface area contributed by atoms with Crippen LogP contribution in [0, 0.1) is 0 Å². The number of anilines is 1. The fraction of sp³-hybridized carbons (Fsp3) is 0.333. The van der Waals surface area contributed by atoms with Gasteiger partial charge in [0.1, 0.15) is 5.82 Å². The van der Waals surface area contributed by atoms with Gasteiger partial charge in [0.25, 0.3) is 5.91 Å². The number of carbonyl (C=O) groups is 1. The molecule has 8 heteroatoms. The van der Waals surface area contributed by atoms with Gasteiger partial charge in [0.05, 0.1) is 5.69 Å². The van der Waals surface area contributed by atoms with E-state index in [9.17, 15) is 4.79 Å². The number of aromatic amines is 1. The maximum Gasteiger partial charge on any atom is 0.295 e. The molecule has 0 saturated heterocycles. The maximum atomic E-state index is 12.1. The molecule has 1 amide bonds. The van der Waals surface area contributed by atoms with Crippen molar-refractivity contribution in [2.24, 2.45) is 0 Å². The van der Waals surface area contributed by atoms with Crippen LogP contribution in [0.25, 0.3) is 0 Å². The predicted molar refractivity (Wildman–Crippen MR) is 80.0 cm³/mol. The topological polar surface area (TPSA) is 83.6 Å². The smallest absolute Gasteiger partial charge is 0.295 e.